The van der Waals surface area contributed by atoms with Gasteiger partial charge in [-0.1, -0.05) is 39.5 Å². The van der Waals surface area contributed by atoms with Crippen LogP contribution in [0.3, 0.4) is 0 Å². The molecule has 0 radical (unpaired) electrons. The van der Waals surface area contributed by atoms with Crippen LogP contribution in [0, 0.1) is 5.92 Å². The molecule has 0 aliphatic heterocycles. The van der Waals surface area contributed by atoms with Crippen molar-refractivity contribution in [3.8, 4) is 0 Å². The lowest BCUT2D eigenvalue weighted by atomic mass is 9.83. The van der Waals surface area contributed by atoms with Crippen molar-refractivity contribution in [2.75, 3.05) is 0 Å². The Morgan fingerprint density at radius 1 is 1.15 bits per heavy atom. The monoisotopic (exact) mass is 284 g/mol. The fraction of sp³-hybridized carbons (Fsp3) is 0.867. The van der Waals surface area contributed by atoms with Gasteiger partial charge in [-0.2, -0.15) is 0 Å². The molecular formula is C15H28N2O3. The molecule has 1 fully saturated rings. The van der Waals surface area contributed by atoms with Crippen LogP contribution in [0.1, 0.15) is 65.2 Å². The number of aliphatic carboxylic acids is 1. The van der Waals surface area contributed by atoms with E-state index in [0.717, 1.165) is 25.7 Å². The second-order valence-electron chi connectivity index (χ2n) is 5.71. The number of carboxylic acids is 1. The Bertz CT molecular complexity index is 314. The van der Waals surface area contributed by atoms with E-state index < -0.39 is 12.0 Å². The minimum absolute atomic E-state index is 0.159. The van der Waals surface area contributed by atoms with Gasteiger partial charge in [0, 0.05) is 6.04 Å². The summed E-state index contributed by atoms with van der Waals surface area (Å²) in [6.07, 6.45) is 8.17. The van der Waals surface area contributed by atoms with Gasteiger partial charge in [0.15, 0.2) is 0 Å². The average molecular weight is 284 g/mol. The highest BCUT2D eigenvalue weighted by atomic mass is 16.4. The van der Waals surface area contributed by atoms with E-state index in [1.807, 2.05) is 6.92 Å². The van der Waals surface area contributed by atoms with E-state index in [1.54, 1.807) is 0 Å². The van der Waals surface area contributed by atoms with E-state index in [0.29, 0.717) is 12.3 Å². The summed E-state index contributed by atoms with van der Waals surface area (Å²) in [7, 11) is 0. The quantitative estimate of drug-likeness (QED) is 0.672. The highest BCUT2D eigenvalue weighted by molar-refractivity contribution is 5.82. The zero-order valence-electron chi connectivity index (χ0n) is 12.7. The summed E-state index contributed by atoms with van der Waals surface area (Å²) in [6, 6.07) is -0.974. The minimum Gasteiger partial charge on any atom is -0.480 e. The van der Waals surface area contributed by atoms with Crippen LogP contribution in [-0.2, 0) is 4.79 Å². The Labute approximate surface area is 121 Å². The van der Waals surface area contributed by atoms with Gasteiger partial charge in [0.1, 0.15) is 6.04 Å². The lowest BCUT2D eigenvalue weighted by Crippen LogP contribution is -2.50. The smallest absolute Gasteiger partial charge is 0.326 e. The first-order chi connectivity index (χ1) is 9.58. The normalized spacial score (nSPS) is 19.1. The van der Waals surface area contributed by atoms with E-state index in [-0.39, 0.29) is 12.1 Å². The average Bonchev–Trinajstić information content (AvgIpc) is 2.45. The number of hydrogen-bond acceptors (Lipinski definition) is 2. The molecular weight excluding hydrogens is 256 g/mol. The molecule has 1 unspecified atom stereocenters. The molecule has 5 nitrogen and oxygen atoms in total. The fourth-order valence-electron chi connectivity index (χ4n) is 3.00. The number of rotatable bonds is 7. The SMILES string of the molecule is CCC[C@H](NC(=O)NC(CC)C1CCCCC1)C(=O)O. The Morgan fingerprint density at radius 3 is 2.30 bits per heavy atom. The van der Waals surface area contributed by atoms with Crippen LogP contribution in [0.4, 0.5) is 4.79 Å². The molecule has 0 spiro atoms. The van der Waals surface area contributed by atoms with Gasteiger partial charge in [0.2, 0.25) is 0 Å². The van der Waals surface area contributed by atoms with Crippen LogP contribution in [0.15, 0.2) is 0 Å². The van der Waals surface area contributed by atoms with E-state index in [4.69, 9.17) is 5.11 Å². The molecule has 1 rings (SSSR count). The maximum absolute atomic E-state index is 12.0. The summed E-state index contributed by atoms with van der Waals surface area (Å²) >= 11 is 0. The molecule has 3 N–H and O–H groups in total. The molecule has 0 heterocycles. The molecule has 1 aliphatic rings. The fourth-order valence-corrected chi connectivity index (χ4v) is 3.00. The van der Waals surface area contributed by atoms with Gasteiger partial charge in [-0.3, -0.25) is 0 Å². The summed E-state index contributed by atoms with van der Waals surface area (Å²) in [6.45, 7) is 3.98. The van der Waals surface area contributed by atoms with Gasteiger partial charge in [0.25, 0.3) is 0 Å². The highest BCUT2D eigenvalue weighted by Crippen LogP contribution is 2.27. The zero-order chi connectivity index (χ0) is 15.0. The van der Waals surface area contributed by atoms with Crippen molar-refractivity contribution in [3.63, 3.8) is 0 Å². The van der Waals surface area contributed by atoms with Gasteiger partial charge in [-0.05, 0) is 31.6 Å². The minimum atomic E-state index is -0.965. The third-order valence-corrected chi connectivity index (χ3v) is 4.16. The topological polar surface area (TPSA) is 78.4 Å². The molecule has 0 saturated heterocycles. The maximum Gasteiger partial charge on any atom is 0.326 e. The third-order valence-electron chi connectivity index (χ3n) is 4.16. The third kappa shape index (κ3) is 5.39. The number of carbonyl (C=O) groups is 2. The van der Waals surface area contributed by atoms with Crippen molar-refractivity contribution >= 4 is 12.0 Å². The Hall–Kier alpha value is -1.26. The van der Waals surface area contributed by atoms with Crippen LogP contribution >= 0.6 is 0 Å². The van der Waals surface area contributed by atoms with Crippen LogP contribution in [-0.4, -0.2) is 29.2 Å². The molecule has 1 aliphatic carbocycles. The number of hydrogen-bond donors (Lipinski definition) is 3. The number of carbonyl (C=O) groups excluding carboxylic acids is 1. The van der Waals surface area contributed by atoms with Crippen molar-refractivity contribution in [1.29, 1.82) is 0 Å². The van der Waals surface area contributed by atoms with E-state index in [9.17, 15) is 9.59 Å². The molecule has 2 atom stereocenters. The van der Waals surface area contributed by atoms with E-state index >= 15 is 0 Å². The van der Waals surface area contributed by atoms with Crippen LogP contribution in [0.5, 0.6) is 0 Å². The first kappa shape index (κ1) is 16.8. The molecule has 0 bridgehead atoms. The van der Waals surface area contributed by atoms with Gasteiger partial charge in [0.05, 0.1) is 0 Å². The summed E-state index contributed by atoms with van der Waals surface area (Å²) in [4.78, 5) is 23.0. The molecule has 5 heteroatoms. The number of urea groups is 1. The van der Waals surface area contributed by atoms with Gasteiger partial charge >= 0.3 is 12.0 Å². The largest absolute Gasteiger partial charge is 0.480 e. The first-order valence-electron chi connectivity index (χ1n) is 7.88. The maximum atomic E-state index is 12.0. The molecule has 0 aromatic carbocycles. The zero-order valence-corrected chi connectivity index (χ0v) is 12.7. The van der Waals surface area contributed by atoms with Gasteiger partial charge < -0.3 is 15.7 Å². The van der Waals surface area contributed by atoms with Gasteiger partial charge in [-0.25, -0.2) is 9.59 Å². The number of nitrogens with one attached hydrogen (secondary N) is 2. The summed E-state index contributed by atoms with van der Waals surface area (Å²) < 4.78 is 0. The highest BCUT2D eigenvalue weighted by Gasteiger charge is 2.25. The van der Waals surface area contributed by atoms with E-state index in [2.05, 4.69) is 17.6 Å². The summed E-state index contributed by atoms with van der Waals surface area (Å²) in [5.74, 6) is -0.429. The second-order valence-corrected chi connectivity index (χ2v) is 5.71. The molecule has 2 amide bonds. The predicted octanol–water partition coefficient (Wildman–Crippen LogP) is 2.90. The van der Waals surface area contributed by atoms with Crippen LogP contribution < -0.4 is 10.6 Å². The number of carboxylic acid groups (broad SMARTS) is 1. The standard InChI is InChI=1S/C15H28N2O3/c1-3-8-13(14(18)19)17-15(20)16-12(4-2)11-9-6-5-7-10-11/h11-13H,3-10H2,1-2H3,(H,18,19)(H2,16,17,20)/t12?,13-/m0/s1. The summed E-state index contributed by atoms with van der Waals surface area (Å²) in [5, 5.41) is 14.6. The van der Waals surface area contributed by atoms with Crippen molar-refractivity contribution in [1.82, 2.24) is 10.6 Å². The van der Waals surface area contributed by atoms with E-state index in [1.165, 1.54) is 19.3 Å². The number of amides is 2. The Morgan fingerprint density at radius 2 is 1.80 bits per heavy atom. The molecule has 20 heavy (non-hydrogen) atoms. The lowest BCUT2D eigenvalue weighted by Gasteiger charge is -2.30. The molecule has 0 aromatic heterocycles. The van der Waals surface area contributed by atoms with Crippen LogP contribution in [0.25, 0.3) is 0 Å². The lowest BCUT2D eigenvalue weighted by molar-refractivity contribution is -0.139. The predicted molar refractivity (Wildman–Crippen MR) is 78.7 cm³/mol. The van der Waals surface area contributed by atoms with Gasteiger partial charge in [-0.15, -0.1) is 0 Å². The van der Waals surface area contributed by atoms with Crippen LogP contribution in [0.2, 0.25) is 0 Å². The Balaban J connectivity index is 2.47. The van der Waals surface area contributed by atoms with Crippen molar-refractivity contribution < 1.29 is 14.7 Å². The van der Waals surface area contributed by atoms with Crippen molar-refractivity contribution in [2.24, 2.45) is 5.92 Å². The van der Waals surface area contributed by atoms with Crippen molar-refractivity contribution in [2.45, 2.75) is 77.3 Å². The second kappa shape index (κ2) is 8.82. The molecule has 1 saturated carbocycles. The molecule has 116 valence electrons. The summed E-state index contributed by atoms with van der Waals surface area (Å²) in [5.41, 5.74) is 0. The van der Waals surface area contributed by atoms with Crippen molar-refractivity contribution in [3.05, 3.63) is 0 Å². The molecule has 0 aromatic rings. The first-order valence-corrected chi connectivity index (χ1v) is 7.88. The Kier molecular flexibility index (Phi) is 7.41.